The third-order valence-electron chi connectivity index (χ3n) is 4.95. The van der Waals surface area contributed by atoms with Gasteiger partial charge in [-0.05, 0) is 50.5 Å². The van der Waals surface area contributed by atoms with Crippen LogP contribution in [0.5, 0.6) is 0 Å². The van der Waals surface area contributed by atoms with Crippen LogP contribution in [0.1, 0.15) is 51.0 Å². The van der Waals surface area contributed by atoms with E-state index in [1.807, 2.05) is 12.4 Å². The average Bonchev–Trinajstić information content (AvgIpc) is 3.30. The van der Waals surface area contributed by atoms with Gasteiger partial charge in [-0.2, -0.15) is 0 Å². The van der Waals surface area contributed by atoms with Crippen LogP contribution in [0, 0.1) is 5.92 Å². The molecule has 0 aromatic carbocycles. The lowest BCUT2D eigenvalue weighted by atomic mass is 9.86. The van der Waals surface area contributed by atoms with Gasteiger partial charge < -0.3 is 10.2 Å². The molecule has 0 bridgehead atoms. The fourth-order valence-corrected chi connectivity index (χ4v) is 3.27. The minimum absolute atomic E-state index is 0.702. The van der Waals surface area contributed by atoms with Crippen LogP contribution in [-0.4, -0.2) is 24.1 Å². The van der Waals surface area contributed by atoms with Crippen molar-refractivity contribution < 1.29 is 0 Å². The van der Waals surface area contributed by atoms with Crippen LogP contribution in [0.2, 0.25) is 0 Å². The van der Waals surface area contributed by atoms with Crippen molar-refractivity contribution >= 4 is 5.69 Å². The SMILES string of the molecule is CC1CCC(N(C)c2ccncc2CNC2CC2)CC1. The molecule has 2 aliphatic rings. The zero-order chi connectivity index (χ0) is 13.9. The molecule has 0 atom stereocenters. The number of aromatic nitrogens is 1. The monoisotopic (exact) mass is 273 g/mol. The summed E-state index contributed by atoms with van der Waals surface area (Å²) in [6.45, 7) is 3.34. The summed E-state index contributed by atoms with van der Waals surface area (Å²) in [5, 5.41) is 3.61. The molecule has 1 aromatic rings. The summed E-state index contributed by atoms with van der Waals surface area (Å²) in [4.78, 5) is 6.81. The molecule has 3 nitrogen and oxygen atoms in total. The van der Waals surface area contributed by atoms with E-state index in [2.05, 4.69) is 35.2 Å². The van der Waals surface area contributed by atoms with Gasteiger partial charge in [-0.15, -0.1) is 0 Å². The molecule has 110 valence electrons. The van der Waals surface area contributed by atoms with E-state index in [9.17, 15) is 0 Å². The van der Waals surface area contributed by atoms with Crippen LogP contribution in [0.4, 0.5) is 5.69 Å². The number of nitrogens with zero attached hydrogens (tertiary/aromatic N) is 2. The predicted molar refractivity (Wildman–Crippen MR) is 83.9 cm³/mol. The van der Waals surface area contributed by atoms with Crippen LogP contribution in [0.25, 0.3) is 0 Å². The normalized spacial score (nSPS) is 26.5. The van der Waals surface area contributed by atoms with Gasteiger partial charge in [0.25, 0.3) is 0 Å². The Kier molecular flexibility index (Phi) is 4.25. The van der Waals surface area contributed by atoms with E-state index >= 15 is 0 Å². The van der Waals surface area contributed by atoms with Gasteiger partial charge in [0.05, 0.1) is 0 Å². The topological polar surface area (TPSA) is 28.2 Å². The fourth-order valence-electron chi connectivity index (χ4n) is 3.27. The second-order valence-electron chi connectivity index (χ2n) is 6.68. The lowest BCUT2D eigenvalue weighted by Crippen LogP contribution is -2.35. The van der Waals surface area contributed by atoms with E-state index in [1.54, 1.807) is 0 Å². The molecule has 3 rings (SSSR count). The Morgan fingerprint density at radius 1 is 1.20 bits per heavy atom. The lowest BCUT2D eigenvalue weighted by Gasteiger charge is -2.36. The quantitative estimate of drug-likeness (QED) is 0.891. The van der Waals surface area contributed by atoms with Gasteiger partial charge in [-0.3, -0.25) is 4.98 Å². The molecule has 0 amide bonds. The van der Waals surface area contributed by atoms with Crippen LogP contribution in [0.15, 0.2) is 18.5 Å². The summed E-state index contributed by atoms with van der Waals surface area (Å²) in [6, 6.07) is 3.64. The van der Waals surface area contributed by atoms with Crippen molar-refractivity contribution in [2.75, 3.05) is 11.9 Å². The highest BCUT2D eigenvalue weighted by atomic mass is 15.1. The molecule has 2 aliphatic carbocycles. The zero-order valence-electron chi connectivity index (χ0n) is 12.8. The van der Waals surface area contributed by atoms with Gasteiger partial charge in [0.2, 0.25) is 0 Å². The van der Waals surface area contributed by atoms with Crippen molar-refractivity contribution in [1.82, 2.24) is 10.3 Å². The molecule has 1 aromatic heterocycles. The first-order chi connectivity index (χ1) is 9.74. The fraction of sp³-hybridized carbons (Fsp3) is 0.706. The molecular formula is C17H27N3. The minimum Gasteiger partial charge on any atom is -0.371 e. The third-order valence-corrected chi connectivity index (χ3v) is 4.95. The Hall–Kier alpha value is -1.09. The first-order valence-electron chi connectivity index (χ1n) is 8.13. The smallest absolute Gasteiger partial charge is 0.0442 e. The molecule has 1 heterocycles. The number of pyridine rings is 1. The molecule has 3 heteroatoms. The van der Waals surface area contributed by atoms with Crippen molar-refractivity contribution in [2.45, 2.75) is 64.1 Å². The van der Waals surface area contributed by atoms with Gasteiger partial charge in [-0.25, -0.2) is 0 Å². The maximum absolute atomic E-state index is 4.32. The number of hydrogen-bond donors (Lipinski definition) is 1. The molecule has 2 saturated carbocycles. The molecule has 0 unspecified atom stereocenters. The lowest BCUT2D eigenvalue weighted by molar-refractivity contribution is 0.340. The Labute approximate surface area is 122 Å². The summed E-state index contributed by atoms with van der Waals surface area (Å²) < 4.78 is 0. The first kappa shape index (κ1) is 13.9. The Bertz CT molecular complexity index is 434. The number of anilines is 1. The predicted octanol–water partition coefficient (Wildman–Crippen LogP) is 3.35. The molecule has 2 fully saturated rings. The summed E-state index contributed by atoms with van der Waals surface area (Å²) >= 11 is 0. The van der Waals surface area contributed by atoms with E-state index in [0.29, 0.717) is 6.04 Å². The van der Waals surface area contributed by atoms with E-state index in [0.717, 1.165) is 18.5 Å². The highest BCUT2D eigenvalue weighted by Crippen LogP contribution is 2.31. The second-order valence-corrected chi connectivity index (χ2v) is 6.68. The summed E-state index contributed by atoms with van der Waals surface area (Å²) in [6.07, 6.45) is 12.0. The molecular weight excluding hydrogens is 246 g/mol. The minimum atomic E-state index is 0.702. The first-order valence-corrected chi connectivity index (χ1v) is 8.13. The maximum atomic E-state index is 4.32. The third kappa shape index (κ3) is 3.32. The van der Waals surface area contributed by atoms with Crippen molar-refractivity contribution in [3.8, 4) is 0 Å². The van der Waals surface area contributed by atoms with E-state index in [-0.39, 0.29) is 0 Å². The summed E-state index contributed by atoms with van der Waals surface area (Å²) in [5.74, 6) is 0.910. The molecule has 1 N–H and O–H groups in total. The molecule has 0 spiro atoms. The van der Waals surface area contributed by atoms with Crippen LogP contribution < -0.4 is 10.2 Å². The van der Waals surface area contributed by atoms with Crippen molar-refractivity contribution in [3.63, 3.8) is 0 Å². The average molecular weight is 273 g/mol. The van der Waals surface area contributed by atoms with Crippen molar-refractivity contribution in [3.05, 3.63) is 24.0 Å². The van der Waals surface area contributed by atoms with Gasteiger partial charge in [-0.1, -0.05) is 6.92 Å². The van der Waals surface area contributed by atoms with Crippen molar-refractivity contribution in [1.29, 1.82) is 0 Å². The molecule has 0 radical (unpaired) electrons. The highest BCUT2D eigenvalue weighted by molar-refractivity contribution is 5.52. The Balaban J connectivity index is 1.67. The van der Waals surface area contributed by atoms with E-state index in [4.69, 9.17) is 0 Å². The zero-order valence-corrected chi connectivity index (χ0v) is 12.8. The van der Waals surface area contributed by atoms with E-state index in [1.165, 1.54) is 49.8 Å². The standard InChI is InChI=1S/C17H27N3/c1-13-3-7-16(8-4-13)20(2)17-9-10-18-11-14(17)12-19-15-5-6-15/h9-11,13,15-16,19H,3-8,12H2,1-2H3. The van der Waals surface area contributed by atoms with Crippen LogP contribution >= 0.6 is 0 Å². The second kappa shape index (κ2) is 6.13. The highest BCUT2D eigenvalue weighted by Gasteiger charge is 2.24. The van der Waals surface area contributed by atoms with Gasteiger partial charge in [0, 0.05) is 49.3 Å². The molecule has 0 saturated heterocycles. The van der Waals surface area contributed by atoms with Crippen LogP contribution in [0.3, 0.4) is 0 Å². The van der Waals surface area contributed by atoms with Gasteiger partial charge in [0.15, 0.2) is 0 Å². The van der Waals surface area contributed by atoms with Crippen molar-refractivity contribution in [2.24, 2.45) is 5.92 Å². The molecule has 20 heavy (non-hydrogen) atoms. The number of rotatable bonds is 5. The Morgan fingerprint density at radius 3 is 2.65 bits per heavy atom. The maximum Gasteiger partial charge on any atom is 0.0442 e. The van der Waals surface area contributed by atoms with Gasteiger partial charge in [0.1, 0.15) is 0 Å². The summed E-state index contributed by atoms with van der Waals surface area (Å²) in [7, 11) is 2.26. The Morgan fingerprint density at radius 2 is 1.95 bits per heavy atom. The number of nitrogens with one attached hydrogen (secondary N) is 1. The van der Waals surface area contributed by atoms with Gasteiger partial charge >= 0.3 is 0 Å². The number of hydrogen-bond acceptors (Lipinski definition) is 3. The largest absolute Gasteiger partial charge is 0.371 e. The van der Waals surface area contributed by atoms with Crippen LogP contribution in [-0.2, 0) is 6.54 Å². The van der Waals surface area contributed by atoms with E-state index < -0.39 is 0 Å². The summed E-state index contributed by atoms with van der Waals surface area (Å²) in [5.41, 5.74) is 2.72. The molecule has 0 aliphatic heterocycles.